The van der Waals surface area contributed by atoms with Gasteiger partial charge in [0.15, 0.2) is 0 Å². The number of nitrogens with zero attached hydrogens (tertiary/aromatic N) is 9. The lowest BCUT2D eigenvalue weighted by Gasteiger charge is -2.42. The number of hydrogen-bond donors (Lipinski definition) is 3. The Kier molecular flexibility index (Phi) is 30.5. The van der Waals surface area contributed by atoms with Crippen molar-refractivity contribution in [2.45, 2.75) is 242 Å². The summed E-state index contributed by atoms with van der Waals surface area (Å²) in [6.45, 7) is 12.3. The maximum absolute atomic E-state index is 15.7. The van der Waals surface area contributed by atoms with Gasteiger partial charge in [0.1, 0.15) is 47.8 Å². The van der Waals surface area contributed by atoms with Crippen molar-refractivity contribution >= 4 is 82.5 Å². The normalized spacial score (nSPS) is 30.7. The van der Waals surface area contributed by atoms with Crippen LogP contribution in [0.25, 0.3) is 0 Å². The molecule has 3 heterocycles. The molecule has 3 N–H and O–H groups in total. The van der Waals surface area contributed by atoms with E-state index in [0.29, 0.717) is 44.4 Å². The molecule has 1 spiro atoms. The van der Waals surface area contributed by atoms with E-state index in [1.54, 1.807) is 6.92 Å². The van der Waals surface area contributed by atoms with Gasteiger partial charge in [0, 0.05) is 73.8 Å². The number of fused-ring (bicyclic) bond motifs is 1. The van der Waals surface area contributed by atoms with Crippen LogP contribution in [-0.4, -0.2) is 276 Å². The molecule has 7 rings (SSSR count). The molecular weight excluding hydrogens is 1360 g/mol. The van der Waals surface area contributed by atoms with E-state index in [0.717, 1.165) is 53.2 Å². The second kappa shape index (κ2) is 37.6. The van der Waals surface area contributed by atoms with Crippen molar-refractivity contribution in [1.82, 2.24) is 60.0 Å². The molecule has 103 heavy (non-hydrogen) atoms. The molecule has 0 aromatic heterocycles. The van der Waals surface area contributed by atoms with Crippen molar-refractivity contribution in [3.8, 4) is 0 Å². The number of ether oxygens (including phenoxy) is 1. The van der Waals surface area contributed by atoms with Crippen molar-refractivity contribution in [2.24, 2.45) is 41.4 Å². The van der Waals surface area contributed by atoms with Crippen LogP contribution in [0.3, 0.4) is 0 Å². The Hall–Kier alpha value is -6.58. The fourth-order valence-electron chi connectivity index (χ4n) is 16.7. The summed E-state index contributed by atoms with van der Waals surface area (Å²) in [6, 6.07) is -8.75. The van der Waals surface area contributed by atoms with Gasteiger partial charge in [0.25, 0.3) is 0 Å². The van der Waals surface area contributed by atoms with Crippen LogP contribution >= 0.6 is 11.6 Å². The SMILES string of the molecule is C=CCN1C(=O)CN(C)C(=O)CN(C)C(=O)[C@H]([C@@H](C)CC)NC(=O)[C@H](CC(C)C)N(C)C(=O)C[C@@H](C(=O)N2CCOCC2)N(C)C(=O)[C@H](C2CCCC2)N(C)C(=O)C2(CCCC2)NC(=O)[C@@H]2CCCN2C(=O)[C@H](CCC2CCC(C(F)(F)F)C(Cl)C2)NC(=O)CN(C)C(=O)[C@@H]1CC1CCC(C)CC1. The molecule has 12 amide bonds. The summed E-state index contributed by atoms with van der Waals surface area (Å²) in [5.74, 6) is -10.5. The van der Waals surface area contributed by atoms with Crippen LogP contribution in [0.5, 0.6) is 0 Å². The van der Waals surface area contributed by atoms with E-state index in [2.05, 4.69) is 29.5 Å². The maximum Gasteiger partial charge on any atom is 0.393 e. The van der Waals surface area contributed by atoms with Gasteiger partial charge in [0.05, 0.1) is 45.2 Å². The van der Waals surface area contributed by atoms with E-state index in [4.69, 9.17) is 16.3 Å². The van der Waals surface area contributed by atoms with Crippen LogP contribution < -0.4 is 16.0 Å². The number of nitrogens with one attached hydrogen (secondary N) is 3. The van der Waals surface area contributed by atoms with E-state index in [1.165, 1.54) is 77.8 Å². The molecule has 3 aliphatic heterocycles. The topological polar surface area (TPSA) is 279 Å². The molecule has 4 aliphatic carbocycles. The molecule has 4 saturated carbocycles. The van der Waals surface area contributed by atoms with Gasteiger partial charge in [-0.05, 0) is 119 Å². The van der Waals surface area contributed by atoms with Crippen molar-refractivity contribution < 1.29 is 75.4 Å². The van der Waals surface area contributed by atoms with Crippen molar-refractivity contribution in [1.29, 1.82) is 0 Å². The van der Waals surface area contributed by atoms with Crippen molar-refractivity contribution in [3.05, 3.63) is 12.7 Å². The molecule has 3 unspecified atom stereocenters. The van der Waals surface area contributed by atoms with Crippen LogP contribution in [0.2, 0.25) is 0 Å². The number of morpholine rings is 1. The molecule has 0 aromatic carbocycles. The fraction of sp³-hybridized carbons (Fsp3) is 0.811. The molecule has 0 radical (unpaired) electrons. The molecule has 29 heteroatoms. The average molecular weight is 1480 g/mol. The van der Waals surface area contributed by atoms with Gasteiger partial charge in [-0.2, -0.15) is 13.2 Å². The molecule has 3 saturated heterocycles. The van der Waals surface area contributed by atoms with Gasteiger partial charge >= 0.3 is 6.18 Å². The Bertz CT molecular complexity index is 3010. The standard InChI is InChI=1S/C74H118ClF3N12O13/c1-13-33-89-58(41-50-25-23-47(5)24-26-50)68(98)83(8)43-59(91)79-54(30-28-49-27-29-52(53(75)40-49)74(76,77)78)67(97)90-34-19-22-55(90)66(96)81-73(31-17-18-32-73)72(102)87(12)64(51-20-15-16-21-51)71(101)86(11)57(69(99)88-35-37-103-38-36-88)42-60(92)85(10)56(39-46(3)4)65(95)80-63(48(6)14-2)70(100)84(9)44-61(93)82(7)45-62(89)94/h13,46-58,63-64H,1,14-45H2,2-12H3,(H,79,91)(H,80,95)(H,81,96)/t47?,48-,49?,50?,52?,53?,54-,55-,56-,57-,58-,63-,64-/m0/s1. The number of amides is 12. The Labute approximate surface area is 612 Å². The summed E-state index contributed by atoms with van der Waals surface area (Å²) in [6.07, 6.45) is 4.76. The predicted octanol–water partition coefficient (Wildman–Crippen LogP) is 5.74. The molecule has 25 nitrogen and oxygen atoms in total. The number of alkyl halides is 4. The summed E-state index contributed by atoms with van der Waals surface area (Å²) < 4.78 is 47.8. The number of halogens is 4. The Balaban J connectivity index is 1.29. The Morgan fingerprint density at radius 1 is 0.670 bits per heavy atom. The van der Waals surface area contributed by atoms with Crippen LogP contribution in [0.4, 0.5) is 13.2 Å². The second-order valence-corrected chi connectivity index (χ2v) is 32.0. The quantitative estimate of drug-likeness (QED) is 0.147. The Morgan fingerprint density at radius 2 is 1.29 bits per heavy atom. The zero-order valence-corrected chi connectivity index (χ0v) is 63.7. The van der Waals surface area contributed by atoms with E-state index in [9.17, 15) is 37.1 Å². The zero-order valence-electron chi connectivity index (χ0n) is 62.9. The number of likely N-dealkylation sites (N-methyl/N-ethyl adjacent to an activating group) is 6. The number of carbonyl (C=O) groups excluding carboxylic acids is 12. The van der Waals surface area contributed by atoms with Crippen molar-refractivity contribution in [2.75, 3.05) is 101 Å². The molecular formula is C74H118ClF3N12O13. The first-order valence-electron chi connectivity index (χ1n) is 37.9. The number of rotatable bonds is 13. The van der Waals surface area contributed by atoms with Crippen LogP contribution in [-0.2, 0) is 62.3 Å². The van der Waals surface area contributed by atoms with E-state index >= 15 is 33.6 Å². The summed E-state index contributed by atoms with van der Waals surface area (Å²) in [7, 11) is 8.54. The molecule has 7 fully saturated rings. The lowest BCUT2D eigenvalue weighted by Crippen LogP contribution is -2.65. The first kappa shape index (κ1) is 83.7. The highest BCUT2D eigenvalue weighted by molar-refractivity contribution is 6.21. The van der Waals surface area contributed by atoms with Gasteiger partial charge in [0.2, 0.25) is 70.9 Å². The lowest BCUT2D eigenvalue weighted by atomic mass is 9.78. The van der Waals surface area contributed by atoms with Gasteiger partial charge in [-0.15, -0.1) is 18.2 Å². The highest BCUT2D eigenvalue weighted by Gasteiger charge is 2.52. The molecule has 0 bridgehead atoms. The predicted molar refractivity (Wildman–Crippen MR) is 381 cm³/mol. The first-order valence-corrected chi connectivity index (χ1v) is 38.3. The summed E-state index contributed by atoms with van der Waals surface area (Å²) >= 11 is 6.42. The van der Waals surface area contributed by atoms with E-state index < -0.39 is 174 Å². The van der Waals surface area contributed by atoms with Gasteiger partial charge < -0.3 is 64.8 Å². The minimum atomic E-state index is -4.52. The highest BCUT2D eigenvalue weighted by atomic mass is 35.5. The smallest absolute Gasteiger partial charge is 0.378 e. The van der Waals surface area contributed by atoms with Crippen LogP contribution in [0.15, 0.2) is 12.7 Å². The second-order valence-electron chi connectivity index (χ2n) is 31.4. The third kappa shape index (κ3) is 21.4. The average Bonchev–Trinajstić information content (AvgIpc) is 1.75. The van der Waals surface area contributed by atoms with E-state index in [1.807, 2.05) is 20.8 Å². The zero-order chi connectivity index (χ0) is 75.9. The molecule has 580 valence electrons. The molecule has 7 aliphatic rings. The van der Waals surface area contributed by atoms with E-state index in [-0.39, 0.29) is 121 Å². The summed E-state index contributed by atoms with van der Waals surface area (Å²) in [5.41, 5.74) is -1.57. The van der Waals surface area contributed by atoms with Gasteiger partial charge in [-0.3, -0.25) is 57.5 Å². The third-order valence-corrected chi connectivity index (χ3v) is 23.9. The minimum Gasteiger partial charge on any atom is -0.378 e. The highest BCUT2D eigenvalue weighted by Crippen LogP contribution is 2.44. The summed E-state index contributed by atoms with van der Waals surface area (Å²) in [5, 5.41) is 7.61. The Morgan fingerprint density at radius 3 is 1.89 bits per heavy atom. The minimum absolute atomic E-state index is 0.00836. The summed E-state index contributed by atoms with van der Waals surface area (Å²) in [4.78, 5) is 192. The fourth-order valence-corrected chi connectivity index (χ4v) is 17.3. The molecule has 0 aromatic rings. The maximum atomic E-state index is 15.7. The molecule has 11 atom stereocenters. The third-order valence-electron chi connectivity index (χ3n) is 23.4. The largest absolute Gasteiger partial charge is 0.393 e. The first-order chi connectivity index (χ1) is 48.6. The van der Waals surface area contributed by atoms with Gasteiger partial charge in [-0.25, -0.2) is 0 Å². The lowest BCUT2D eigenvalue weighted by molar-refractivity contribution is -0.182. The monoisotopic (exact) mass is 1470 g/mol. The van der Waals surface area contributed by atoms with Crippen LogP contribution in [0, 0.1) is 41.4 Å². The number of hydrogen-bond acceptors (Lipinski definition) is 13. The number of carbonyl (C=O) groups is 12. The van der Waals surface area contributed by atoms with Crippen molar-refractivity contribution in [3.63, 3.8) is 0 Å². The van der Waals surface area contributed by atoms with Crippen LogP contribution in [0.1, 0.15) is 182 Å². The van der Waals surface area contributed by atoms with Gasteiger partial charge in [-0.1, -0.05) is 98.5 Å².